The Bertz CT molecular complexity index is 732. The van der Waals surface area contributed by atoms with Crippen LogP contribution in [0.25, 0.3) is 0 Å². The number of oxime groups is 1. The number of hydrogen-bond acceptors (Lipinski definition) is 6. The van der Waals surface area contributed by atoms with Gasteiger partial charge in [-0.05, 0) is 30.9 Å². The number of nitrogens with zero attached hydrogens (tertiary/aromatic N) is 3. The molecule has 0 aliphatic heterocycles. The highest BCUT2D eigenvalue weighted by Crippen LogP contribution is 2.22. The Labute approximate surface area is 147 Å². The minimum absolute atomic E-state index is 0.126. The van der Waals surface area contributed by atoms with Crippen molar-refractivity contribution in [1.29, 1.82) is 0 Å². The number of carbonyl (C=O) groups is 1. The Balaban J connectivity index is 2.00. The molecule has 0 saturated heterocycles. The molecule has 1 aromatic heterocycles. The summed E-state index contributed by atoms with van der Waals surface area (Å²) in [5, 5.41) is 6.78. The highest BCUT2D eigenvalue weighted by atomic mass is 35.5. The van der Waals surface area contributed by atoms with E-state index in [0.717, 1.165) is 5.56 Å². The van der Waals surface area contributed by atoms with Gasteiger partial charge in [0.25, 0.3) is 0 Å². The van der Waals surface area contributed by atoms with E-state index in [2.05, 4.69) is 20.4 Å². The maximum Gasteiger partial charge on any atom is 0.437 e. The number of aryl methyl sites for hydroxylation is 1. The van der Waals surface area contributed by atoms with Crippen molar-refractivity contribution in [2.45, 2.75) is 12.1 Å². The van der Waals surface area contributed by atoms with Gasteiger partial charge in [-0.1, -0.05) is 52.3 Å². The smallest absolute Gasteiger partial charge is 0.298 e. The number of thioether (sulfide) groups is 1. The van der Waals surface area contributed by atoms with Gasteiger partial charge in [0, 0.05) is 5.69 Å². The molecule has 0 saturated carbocycles. The van der Waals surface area contributed by atoms with Gasteiger partial charge in [-0.25, -0.2) is 14.8 Å². The molecule has 0 bridgehead atoms. The molecule has 0 fully saturated rings. The van der Waals surface area contributed by atoms with Crippen molar-refractivity contribution in [1.82, 2.24) is 9.97 Å². The van der Waals surface area contributed by atoms with Crippen molar-refractivity contribution < 1.29 is 9.63 Å². The first kappa shape index (κ1) is 17.5. The highest BCUT2D eigenvalue weighted by molar-refractivity contribution is 7.98. The van der Waals surface area contributed by atoms with Crippen molar-refractivity contribution in [3.05, 3.63) is 45.7 Å². The van der Waals surface area contributed by atoms with Crippen LogP contribution in [0.1, 0.15) is 11.1 Å². The number of benzene rings is 1. The number of carbonyl (C=O) groups excluding carboxylic acids is 1. The number of anilines is 1. The molecule has 120 valence electrons. The van der Waals surface area contributed by atoms with Crippen molar-refractivity contribution >= 4 is 53.0 Å². The number of amides is 1. The van der Waals surface area contributed by atoms with Crippen LogP contribution in [0.5, 0.6) is 0 Å². The summed E-state index contributed by atoms with van der Waals surface area (Å²) in [4.78, 5) is 24.4. The van der Waals surface area contributed by atoms with Crippen LogP contribution in [0.3, 0.4) is 0 Å². The lowest BCUT2D eigenvalue weighted by Gasteiger charge is -2.04. The maximum absolute atomic E-state index is 11.6. The monoisotopic (exact) mass is 370 g/mol. The predicted molar refractivity (Wildman–Crippen MR) is 92.7 cm³/mol. The molecule has 0 aliphatic carbocycles. The molecule has 9 heteroatoms. The molecule has 0 radical (unpaired) electrons. The fourth-order valence-corrected chi connectivity index (χ4v) is 2.54. The van der Waals surface area contributed by atoms with Crippen LogP contribution in [-0.2, 0) is 4.84 Å². The van der Waals surface area contributed by atoms with Crippen LogP contribution in [0.4, 0.5) is 10.5 Å². The second kappa shape index (κ2) is 8.14. The van der Waals surface area contributed by atoms with Gasteiger partial charge in [0.1, 0.15) is 10.3 Å². The molecule has 0 aliphatic rings. The Hall–Kier alpha value is -1.83. The predicted octanol–water partition coefficient (Wildman–Crippen LogP) is 4.40. The second-order valence-corrected chi connectivity index (χ2v) is 5.80. The lowest BCUT2D eigenvalue weighted by Crippen LogP contribution is -2.11. The van der Waals surface area contributed by atoms with Gasteiger partial charge < -0.3 is 0 Å². The average Bonchev–Trinajstić information content (AvgIpc) is 2.49. The van der Waals surface area contributed by atoms with Crippen molar-refractivity contribution in [2.24, 2.45) is 5.16 Å². The molecule has 1 N–H and O–H groups in total. The highest BCUT2D eigenvalue weighted by Gasteiger charge is 2.10. The van der Waals surface area contributed by atoms with Crippen molar-refractivity contribution in [3.8, 4) is 0 Å². The van der Waals surface area contributed by atoms with Crippen LogP contribution in [-0.4, -0.2) is 28.5 Å². The number of hydrogen-bond donors (Lipinski definition) is 1. The van der Waals surface area contributed by atoms with E-state index in [4.69, 9.17) is 28.0 Å². The minimum atomic E-state index is -0.735. The Morgan fingerprint density at radius 2 is 2.04 bits per heavy atom. The third-order valence-corrected chi connectivity index (χ3v) is 3.72. The van der Waals surface area contributed by atoms with E-state index < -0.39 is 6.09 Å². The number of nitrogens with one attached hydrogen (secondary N) is 1. The van der Waals surface area contributed by atoms with Crippen LogP contribution in [0.15, 0.2) is 34.6 Å². The van der Waals surface area contributed by atoms with E-state index >= 15 is 0 Å². The van der Waals surface area contributed by atoms with E-state index in [0.29, 0.717) is 10.8 Å². The second-order valence-electron chi connectivity index (χ2n) is 4.31. The third kappa shape index (κ3) is 5.09. The molecule has 1 aromatic carbocycles. The number of halogens is 2. The summed E-state index contributed by atoms with van der Waals surface area (Å²) in [7, 11) is 0. The summed E-state index contributed by atoms with van der Waals surface area (Å²) in [6.07, 6.45) is 2.25. The molecule has 0 unspecified atom stereocenters. The van der Waals surface area contributed by atoms with Crippen LogP contribution in [0, 0.1) is 6.92 Å². The van der Waals surface area contributed by atoms with Crippen molar-refractivity contribution in [2.75, 3.05) is 11.6 Å². The summed E-state index contributed by atoms with van der Waals surface area (Å²) in [5.41, 5.74) is 1.89. The van der Waals surface area contributed by atoms with E-state index in [1.54, 1.807) is 18.4 Å². The van der Waals surface area contributed by atoms with E-state index in [9.17, 15) is 4.79 Å². The zero-order chi connectivity index (χ0) is 16.8. The van der Waals surface area contributed by atoms with Gasteiger partial charge >= 0.3 is 6.09 Å². The van der Waals surface area contributed by atoms with Gasteiger partial charge in [-0.3, -0.25) is 10.2 Å². The lowest BCUT2D eigenvalue weighted by atomic mass is 10.2. The van der Waals surface area contributed by atoms with Crippen molar-refractivity contribution in [3.63, 3.8) is 0 Å². The summed E-state index contributed by atoms with van der Waals surface area (Å²) >= 11 is 13.3. The standard InChI is InChI=1S/C14H12Cl2N4O2S/c1-8-4-3-5-9(6-8)18-14(21)22-17-7-10-11(15)19-13(23-2)20-12(10)16/h3-7H,1-2H3,(H,18,21)/b17-7-. The fourth-order valence-electron chi connectivity index (χ4n) is 1.59. The molecule has 2 aromatic rings. The molecule has 2 rings (SSSR count). The van der Waals surface area contributed by atoms with Crippen LogP contribution < -0.4 is 5.32 Å². The average molecular weight is 371 g/mol. The molecule has 0 spiro atoms. The largest absolute Gasteiger partial charge is 0.437 e. The zero-order valence-corrected chi connectivity index (χ0v) is 14.5. The fraction of sp³-hybridized carbons (Fsp3) is 0.143. The first-order chi connectivity index (χ1) is 11.0. The summed E-state index contributed by atoms with van der Waals surface area (Å²) in [6.45, 7) is 1.91. The summed E-state index contributed by atoms with van der Waals surface area (Å²) in [5.74, 6) is 0. The van der Waals surface area contributed by atoms with Gasteiger partial charge in [0.2, 0.25) is 0 Å². The minimum Gasteiger partial charge on any atom is -0.298 e. The third-order valence-electron chi connectivity index (χ3n) is 2.60. The first-order valence-electron chi connectivity index (χ1n) is 6.34. The van der Waals surface area contributed by atoms with Crippen LogP contribution in [0.2, 0.25) is 10.3 Å². The maximum atomic E-state index is 11.6. The lowest BCUT2D eigenvalue weighted by molar-refractivity contribution is 0.167. The zero-order valence-electron chi connectivity index (χ0n) is 12.2. The molecule has 0 atom stereocenters. The molecule has 1 heterocycles. The molecule has 23 heavy (non-hydrogen) atoms. The van der Waals surface area contributed by atoms with Gasteiger partial charge in [-0.15, -0.1) is 0 Å². The molecular formula is C14H12Cl2N4O2S. The van der Waals surface area contributed by atoms with E-state index in [-0.39, 0.29) is 15.9 Å². The summed E-state index contributed by atoms with van der Waals surface area (Å²) < 4.78 is 0. The van der Waals surface area contributed by atoms with Gasteiger partial charge in [0.05, 0.1) is 11.8 Å². The molecule has 1 amide bonds. The topological polar surface area (TPSA) is 76.5 Å². The normalized spacial score (nSPS) is 10.8. The molecular weight excluding hydrogens is 359 g/mol. The van der Waals surface area contributed by atoms with Gasteiger partial charge in [-0.2, -0.15) is 0 Å². The molecule has 6 nitrogen and oxygen atoms in total. The van der Waals surface area contributed by atoms with E-state index in [1.165, 1.54) is 18.0 Å². The van der Waals surface area contributed by atoms with E-state index in [1.807, 2.05) is 19.1 Å². The first-order valence-corrected chi connectivity index (χ1v) is 8.32. The number of aromatic nitrogens is 2. The SMILES string of the molecule is CSc1nc(Cl)c(/C=N\OC(=O)Nc2cccc(C)c2)c(Cl)n1. The summed E-state index contributed by atoms with van der Waals surface area (Å²) in [6, 6.07) is 7.27. The number of rotatable bonds is 4. The Kier molecular flexibility index (Phi) is 6.20. The Morgan fingerprint density at radius 1 is 1.35 bits per heavy atom. The van der Waals surface area contributed by atoms with Crippen LogP contribution >= 0.6 is 35.0 Å². The quantitative estimate of drug-likeness (QED) is 0.215. The van der Waals surface area contributed by atoms with Gasteiger partial charge in [0.15, 0.2) is 5.16 Å². The Morgan fingerprint density at radius 3 is 2.65 bits per heavy atom.